The third-order valence-corrected chi connectivity index (χ3v) is 6.09. The summed E-state index contributed by atoms with van der Waals surface area (Å²) in [6.45, 7) is 2.04. The van der Waals surface area contributed by atoms with Gasteiger partial charge < -0.3 is 4.52 Å². The first kappa shape index (κ1) is 16.3. The van der Waals surface area contributed by atoms with Crippen molar-refractivity contribution in [3.63, 3.8) is 0 Å². The standard InChI is InChI=1S/C15H13Cl2O3P/c1-2-20-21(19,11-6-4-3-5-7-11)12-8-14(16)13(10-18)15(17)9-12/h3-10H,2H2,1H3. The summed E-state index contributed by atoms with van der Waals surface area (Å²) < 4.78 is 18.8. The molecule has 110 valence electrons. The molecule has 0 bridgehead atoms. The molecule has 0 saturated heterocycles. The zero-order chi connectivity index (χ0) is 15.5. The molecule has 2 aromatic rings. The number of benzene rings is 2. The number of halogens is 2. The van der Waals surface area contributed by atoms with Crippen LogP contribution in [0.3, 0.4) is 0 Å². The van der Waals surface area contributed by atoms with E-state index in [4.69, 9.17) is 27.7 Å². The molecule has 0 fully saturated rings. The van der Waals surface area contributed by atoms with E-state index in [1.54, 1.807) is 31.2 Å². The molecule has 1 atom stereocenters. The molecule has 1 unspecified atom stereocenters. The van der Waals surface area contributed by atoms with Crippen molar-refractivity contribution >= 4 is 47.5 Å². The quantitative estimate of drug-likeness (QED) is 0.607. The monoisotopic (exact) mass is 342 g/mol. The van der Waals surface area contributed by atoms with Crippen LogP contribution in [0.1, 0.15) is 17.3 Å². The van der Waals surface area contributed by atoms with Crippen molar-refractivity contribution in [1.29, 1.82) is 0 Å². The van der Waals surface area contributed by atoms with Gasteiger partial charge in [-0.2, -0.15) is 0 Å². The second-order valence-corrected chi connectivity index (χ2v) is 7.45. The van der Waals surface area contributed by atoms with E-state index in [1.807, 2.05) is 6.07 Å². The van der Waals surface area contributed by atoms with Gasteiger partial charge in [-0.15, -0.1) is 0 Å². The van der Waals surface area contributed by atoms with Crippen LogP contribution in [-0.4, -0.2) is 12.9 Å². The van der Waals surface area contributed by atoms with Crippen LogP contribution >= 0.6 is 30.6 Å². The Bertz CT molecular complexity index is 678. The van der Waals surface area contributed by atoms with Gasteiger partial charge in [-0.1, -0.05) is 41.4 Å². The Morgan fingerprint density at radius 2 is 1.67 bits per heavy atom. The van der Waals surface area contributed by atoms with Crippen LogP contribution in [0.15, 0.2) is 42.5 Å². The molecule has 2 aromatic carbocycles. The van der Waals surface area contributed by atoms with E-state index < -0.39 is 7.37 Å². The van der Waals surface area contributed by atoms with Gasteiger partial charge in [0.1, 0.15) is 0 Å². The lowest BCUT2D eigenvalue weighted by Crippen LogP contribution is -2.19. The molecular formula is C15H13Cl2O3P. The maximum absolute atomic E-state index is 13.3. The summed E-state index contributed by atoms with van der Waals surface area (Å²) in [6, 6.07) is 11.8. The van der Waals surface area contributed by atoms with Gasteiger partial charge in [0, 0.05) is 10.6 Å². The first-order valence-corrected chi connectivity index (χ1v) is 8.66. The summed E-state index contributed by atoms with van der Waals surface area (Å²) >= 11 is 12.1. The zero-order valence-electron chi connectivity index (χ0n) is 11.3. The number of hydrogen-bond donors (Lipinski definition) is 0. The van der Waals surface area contributed by atoms with Crippen LogP contribution < -0.4 is 10.6 Å². The molecule has 0 aliphatic rings. The Morgan fingerprint density at radius 3 is 2.14 bits per heavy atom. The van der Waals surface area contributed by atoms with E-state index >= 15 is 0 Å². The fraction of sp³-hybridized carbons (Fsp3) is 0.133. The van der Waals surface area contributed by atoms with Gasteiger partial charge in [-0.05, 0) is 31.2 Å². The van der Waals surface area contributed by atoms with Gasteiger partial charge in [-0.3, -0.25) is 9.36 Å². The van der Waals surface area contributed by atoms with Crippen molar-refractivity contribution in [2.75, 3.05) is 6.61 Å². The predicted octanol–water partition coefficient (Wildman–Crippen LogP) is 4.07. The Kier molecular flexibility index (Phi) is 5.23. The molecule has 0 radical (unpaired) electrons. The van der Waals surface area contributed by atoms with Crippen LogP contribution in [-0.2, 0) is 9.09 Å². The zero-order valence-corrected chi connectivity index (χ0v) is 13.7. The van der Waals surface area contributed by atoms with E-state index in [1.165, 1.54) is 12.1 Å². The Morgan fingerprint density at radius 1 is 1.10 bits per heavy atom. The topological polar surface area (TPSA) is 43.4 Å². The SMILES string of the molecule is CCOP(=O)(c1ccccc1)c1cc(Cl)c(C=O)c(Cl)c1. The summed E-state index contributed by atoms with van der Waals surface area (Å²) in [5.41, 5.74) is 0.179. The number of carbonyl (C=O) groups is 1. The number of aldehydes is 1. The molecule has 0 spiro atoms. The molecule has 3 nitrogen and oxygen atoms in total. The maximum Gasteiger partial charge on any atom is 0.261 e. The van der Waals surface area contributed by atoms with Crippen LogP contribution in [0, 0.1) is 0 Å². The van der Waals surface area contributed by atoms with Gasteiger partial charge in [-0.25, -0.2) is 0 Å². The maximum atomic E-state index is 13.3. The molecule has 0 saturated carbocycles. The highest BCUT2D eigenvalue weighted by atomic mass is 35.5. The van der Waals surface area contributed by atoms with Gasteiger partial charge in [0.2, 0.25) is 0 Å². The Balaban J connectivity index is 2.64. The molecule has 0 aliphatic carbocycles. The number of carbonyl (C=O) groups excluding carboxylic acids is 1. The first-order valence-electron chi connectivity index (χ1n) is 6.28. The number of rotatable bonds is 5. The predicted molar refractivity (Wildman–Crippen MR) is 86.8 cm³/mol. The highest BCUT2D eigenvalue weighted by molar-refractivity contribution is 7.74. The molecule has 0 N–H and O–H groups in total. The normalized spacial score (nSPS) is 13.7. The van der Waals surface area contributed by atoms with Crippen molar-refractivity contribution < 1.29 is 13.9 Å². The highest BCUT2D eigenvalue weighted by Crippen LogP contribution is 2.45. The van der Waals surface area contributed by atoms with Crippen LogP contribution in [0.25, 0.3) is 0 Å². The smallest absolute Gasteiger partial charge is 0.261 e. The summed E-state index contributed by atoms with van der Waals surface area (Å²) in [4.78, 5) is 10.9. The van der Waals surface area contributed by atoms with Crippen molar-refractivity contribution in [2.45, 2.75) is 6.92 Å². The molecule has 2 rings (SSSR count). The fourth-order valence-electron chi connectivity index (χ4n) is 1.96. The molecule has 0 aromatic heterocycles. The van der Waals surface area contributed by atoms with E-state index in [2.05, 4.69) is 0 Å². The fourth-order valence-corrected chi connectivity index (χ4v) is 4.81. The summed E-state index contributed by atoms with van der Waals surface area (Å²) in [5, 5.41) is 1.24. The molecule has 6 heteroatoms. The minimum Gasteiger partial charge on any atom is -0.322 e. The van der Waals surface area contributed by atoms with Gasteiger partial charge in [0.05, 0.1) is 22.2 Å². The Hall–Kier alpha value is -1.12. The van der Waals surface area contributed by atoms with Crippen molar-refractivity contribution in [1.82, 2.24) is 0 Å². The lowest BCUT2D eigenvalue weighted by molar-refractivity contribution is 0.112. The van der Waals surface area contributed by atoms with Crippen LogP contribution in [0.5, 0.6) is 0 Å². The van der Waals surface area contributed by atoms with Gasteiger partial charge >= 0.3 is 0 Å². The molecular weight excluding hydrogens is 330 g/mol. The second-order valence-electron chi connectivity index (χ2n) is 4.25. The second kappa shape index (κ2) is 6.76. The minimum atomic E-state index is -3.29. The van der Waals surface area contributed by atoms with Crippen molar-refractivity contribution in [2.24, 2.45) is 0 Å². The molecule has 0 aliphatic heterocycles. The third-order valence-electron chi connectivity index (χ3n) is 2.93. The van der Waals surface area contributed by atoms with E-state index in [-0.39, 0.29) is 22.2 Å². The lowest BCUT2D eigenvalue weighted by atomic mass is 10.2. The summed E-state index contributed by atoms with van der Waals surface area (Å²) in [5.74, 6) is 0. The summed E-state index contributed by atoms with van der Waals surface area (Å²) in [6.07, 6.45) is 0.572. The van der Waals surface area contributed by atoms with Crippen molar-refractivity contribution in [3.8, 4) is 0 Å². The van der Waals surface area contributed by atoms with Gasteiger partial charge in [0.15, 0.2) is 6.29 Å². The lowest BCUT2D eigenvalue weighted by Gasteiger charge is -2.19. The van der Waals surface area contributed by atoms with E-state index in [0.717, 1.165) is 0 Å². The minimum absolute atomic E-state index is 0.156. The number of hydrogen-bond acceptors (Lipinski definition) is 3. The van der Waals surface area contributed by atoms with Crippen LogP contribution in [0.4, 0.5) is 0 Å². The highest BCUT2D eigenvalue weighted by Gasteiger charge is 2.29. The largest absolute Gasteiger partial charge is 0.322 e. The Labute approximate surface area is 133 Å². The van der Waals surface area contributed by atoms with Crippen LogP contribution in [0.2, 0.25) is 10.0 Å². The van der Waals surface area contributed by atoms with E-state index in [9.17, 15) is 9.36 Å². The molecule has 0 heterocycles. The first-order chi connectivity index (χ1) is 10.0. The third kappa shape index (κ3) is 3.22. The summed E-state index contributed by atoms with van der Waals surface area (Å²) in [7, 11) is -3.29. The van der Waals surface area contributed by atoms with Crippen molar-refractivity contribution in [3.05, 3.63) is 58.1 Å². The molecule has 0 amide bonds. The average Bonchev–Trinajstić information content (AvgIpc) is 2.48. The van der Waals surface area contributed by atoms with E-state index in [0.29, 0.717) is 16.9 Å². The van der Waals surface area contributed by atoms with Gasteiger partial charge in [0.25, 0.3) is 7.37 Å². The molecule has 21 heavy (non-hydrogen) atoms. The average molecular weight is 343 g/mol.